The molecule has 0 atom stereocenters. The number of pyridine rings is 1. The summed E-state index contributed by atoms with van der Waals surface area (Å²) < 4.78 is 1.77. The van der Waals surface area contributed by atoms with Gasteiger partial charge in [-0.2, -0.15) is 0 Å². The number of hydrogen-bond donors (Lipinski definition) is 0. The van der Waals surface area contributed by atoms with Crippen LogP contribution in [0, 0.1) is 0 Å². The van der Waals surface area contributed by atoms with Crippen molar-refractivity contribution < 1.29 is 0 Å². The monoisotopic (exact) mass is 294 g/mol. The third kappa shape index (κ3) is 3.19. The molecule has 1 aromatic carbocycles. The topological polar surface area (TPSA) is 34.4 Å². The molecule has 1 aromatic heterocycles. The molecule has 0 bridgehead atoms. The van der Waals surface area contributed by atoms with E-state index < -0.39 is 0 Å². The second-order valence-electron chi connectivity index (χ2n) is 5.86. The number of hydrogen-bond acceptors (Lipinski definition) is 2. The lowest BCUT2D eigenvalue weighted by Gasteiger charge is -2.20. The Balaban J connectivity index is 1.69. The van der Waals surface area contributed by atoms with Crippen molar-refractivity contribution in [3.63, 3.8) is 0 Å². The van der Waals surface area contributed by atoms with Gasteiger partial charge in [-0.15, -0.1) is 0 Å². The highest BCUT2D eigenvalue weighted by atomic mass is 16.1. The molecule has 1 heterocycles. The molecule has 3 nitrogen and oxygen atoms in total. The summed E-state index contributed by atoms with van der Waals surface area (Å²) in [5.74, 6) is 0. The fraction of sp³-hybridized carbons (Fsp3) is 0.368. The maximum atomic E-state index is 11.7. The van der Waals surface area contributed by atoms with Gasteiger partial charge in [0, 0.05) is 36.6 Å². The molecular formula is C19H22N2O. The first-order chi connectivity index (χ1) is 10.8. The first kappa shape index (κ1) is 14.8. The van der Waals surface area contributed by atoms with Crippen LogP contribution < -0.4 is 5.56 Å². The lowest BCUT2D eigenvalue weighted by atomic mass is 9.93. The van der Waals surface area contributed by atoms with Crippen LogP contribution in [0.5, 0.6) is 0 Å². The molecule has 0 saturated heterocycles. The van der Waals surface area contributed by atoms with Gasteiger partial charge in [0.1, 0.15) is 0 Å². The fourth-order valence-electron chi connectivity index (χ4n) is 3.11. The standard InChI is InChI=1S/C19H22N2O/c1-21-18-11-5-10-17(16(18)12-13-19(21)22)20-14-6-9-15-7-3-2-4-8-15/h2-4,7-8,12-13H,5-6,9-11,14H2,1H3. The largest absolute Gasteiger partial charge is 0.315 e. The SMILES string of the molecule is Cn1c2c(ccc1=O)C(=NCCCc1ccccc1)CCC2. The molecule has 0 radical (unpaired) electrons. The summed E-state index contributed by atoms with van der Waals surface area (Å²) in [6.07, 6.45) is 5.22. The number of benzene rings is 1. The molecule has 0 amide bonds. The Bertz CT molecular complexity index is 729. The van der Waals surface area contributed by atoms with Crippen molar-refractivity contribution in [2.45, 2.75) is 32.1 Å². The predicted octanol–water partition coefficient (Wildman–Crippen LogP) is 3.14. The first-order valence-electron chi connectivity index (χ1n) is 8.02. The van der Waals surface area contributed by atoms with Gasteiger partial charge in [-0.1, -0.05) is 30.3 Å². The highest BCUT2D eigenvalue weighted by molar-refractivity contribution is 6.02. The Morgan fingerprint density at radius 1 is 1.09 bits per heavy atom. The van der Waals surface area contributed by atoms with Crippen LogP contribution in [0.4, 0.5) is 0 Å². The van der Waals surface area contributed by atoms with Crippen LogP contribution in [0.1, 0.15) is 36.1 Å². The Hall–Kier alpha value is -2.16. The van der Waals surface area contributed by atoms with Gasteiger partial charge < -0.3 is 4.57 Å². The molecule has 3 heteroatoms. The number of aryl methyl sites for hydroxylation is 1. The summed E-state index contributed by atoms with van der Waals surface area (Å²) in [5.41, 5.74) is 4.93. The minimum atomic E-state index is 0.0732. The van der Waals surface area contributed by atoms with Crippen molar-refractivity contribution in [2.24, 2.45) is 12.0 Å². The molecule has 0 spiro atoms. The molecule has 0 fully saturated rings. The van der Waals surface area contributed by atoms with Crippen molar-refractivity contribution in [2.75, 3.05) is 6.54 Å². The fourth-order valence-corrected chi connectivity index (χ4v) is 3.11. The van der Waals surface area contributed by atoms with E-state index in [0.717, 1.165) is 44.3 Å². The van der Waals surface area contributed by atoms with Crippen LogP contribution in [-0.4, -0.2) is 16.8 Å². The van der Waals surface area contributed by atoms with E-state index >= 15 is 0 Å². The summed E-state index contributed by atoms with van der Waals surface area (Å²) in [5, 5.41) is 0. The number of rotatable bonds is 4. The van der Waals surface area contributed by atoms with E-state index in [0.29, 0.717) is 0 Å². The molecular weight excluding hydrogens is 272 g/mol. The highest BCUT2D eigenvalue weighted by Crippen LogP contribution is 2.20. The minimum absolute atomic E-state index is 0.0732. The molecule has 114 valence electrons. The van der Waals surface area contributed by atoms with Crippen LogP contribution in [0.2, 0.25) is 0 Å². The van der Waals surface area contributed by atoms with Gasteiger partial charge in [-0.05, 0) is 43.7 Å². The van der Waals surface area contributed by atoms with Gasteiger partial charge in [0.05, 0.1) is 0 Å². The van der Waals surface area contributed by atoms with Crippen LogP contribution in [0.3, 0.4) is 0 Å². The van der Waals surface area contributed by atoms with E-state index in [4.69, 9.17) is 4.99 Å². The van der Waals surface area contributed by atoms with Crippen LogP contribution in [0.15, 0.2) is 52.3 Å². The van der Waals surface area contributed by atoms with E-state index in [1.165, 1.54) is 16.8 Å². The maximum absolute atomic E-state index is 11.7. The molecule has 0 saturated carbocycles. The summed E-state index contributed by atoms with van der Waals surface area (Å²) in [4.78, 5) is 16.5. The van der Waals surface area contributed by atoms with Crippen molar-refractivity contribution in [3.8, 4) is 0 Å². The smallest absolute Gasteiger partial charge is 0.250 e. The van der Waals surface area contributed by atoms with Gasteiger partial charge in [0.2, 0.25) is 5.56 Å². The summed E-state index contributed by atoms with van der Waals surface area (Å²) in [7, 11) is 1.86. The molecule has 3 rings (SSSR count). The zero-order chi connectivity index (χ0) is 15.4. The molecule has 0 N–H and O–H groups in total. The van der Waals surface area contributed by atoms with E-state index in [9.17, 15) is 4.79 Å². The van der Waals surface area contributed by atoms with E-state index in [1.54, 1.807) is 10.6 Å². The molecule has 0 unspecified atom stereocenters. The molecule has 22 heavy (non-hydrogen) atoms. The Kier molecular flexibility index (Phi) is 4.52. The van der Waals surface area contributed by atoms with E-state index in [1.807, 2.05) is 19.2 Å². The van der Waals surface area contributed by atoms with E-state index in [2.05, 4.69) is 24.3 Å². The summed E-state index contributed by atoms with van der Waals surface area (Å²) >= 11 is 0. The number of fused-ring (bicyclic) bond motifs is 1. The number of aromatic nitrogens is 1. The molecule has 1 aliphatic rings. The van der Waals surface area contributed by atoms with Crippen molar-refractivity contribution >= 4 is 5.71 Å². The van der Waals surface area contributed by atoms with Gasteiger partial charge in [-0.3, -0.25) is 9.79 Å². The third-order valence-corrected chi connectivity index (χ3v) is 4.35. The average Bonchev–Trinajstić information content (AvgIpc) is 2.56. The molecule has 2 aromatic rings. The second-order valence-corrected chi connectivity index (χ2v) is 5.86. The maximum Gasteiger partial charge on any atom is 0.250 e. The summed E-state index contributed by atoms with van der Waals surface area (Å²) in [6, 6.07) is 14.2. The van der Waals surface area contributed by atoms with Crippen molar-refractivity contribution in [3.05, 3.63) is 69.6 Å². The van der Waals surface area contributed by atoms with Gasteiger partial charge in [0.15, 0.2) is 0 Å². The average molecular weight is 294 g/mol. The number of nitrogens with zero attached hydrogens (tertiary/aromatic N) is 2. The Labute approximate surface area is 131 Å². The predicted molar refractivity (Wildman–Crippen MR) is 90.8 cm³/mol. The Morgan fingerprint density at radius 2 is 1.91 bits per heavy atom. The van der Waals surface area contributed by atoms with E-state index in [-0.39, 0.29) is 5.56 Å². The zero-order valence-corrected chi connectivity index (χ0v) is 13.1. The van der Waals surface area contributed by atoms with Crippen LogP contribution in [0.25, 0.3) is 0 Å². The van der Waals surface area contributed by atoms with Crippen LogP contribution in [-0.2, 0) is 19.9 Å². The summed E-state index contributed by atoms with van der Waals surface area (Å²) in [6.45, 7) is 0.854. The van der Waals surface area contributed by atoms with Gasteiger partial charge in [-0.25, -0.2) is 0 Å². The van der Waals surface area contributed by atoms with Gasteiger partial charge >= 0.3 is 0 Å². The lowest BCUT2D eigenvalue weighted by molar-refractivity contribution is 0.709. The minimum Gasteiger partial charge on any atom is -0.315 e. The normalized spacial score (nSPS) is 15.8. The van der Waals surface area contributed by atoms with Crippen molar-refractivity contribution in [1.82, 2.24) is 4.57 Å². The quantitative estimate of drug-likeness (QED) is 0.798. The Morgan fingerprint density at radius 3 is 2.73 bits per heavy atom. The van der Waals surface area contributed by atoms with Crippen LogP contribution >= 0.6 is 0 Å². The van der Waals surface area contributed by atoms with Gasteiger partial charge in [0.25, 0.3) is 0 Å². The molecule has 1 aliphatic carbocycles. The zero-order valence-electron chi connectivity index (χ0n) is 13.1. The first-order valence-corrected chi connectivity index (χ1v) is 8.02. The second kappa shape index (κ2) is 6.73. The number of aliphatic imine (C=N–C) groups is 1. The highest BCUT2D eigenvalue weighted by Gasteiger charge is 2.17. The third-order valence-electron chi connectivity index (χ3n) is 4.35. The van der Waals surface area contributed by atoms with Crippen molar-refractivity contribution in [1.29, 1.82) is 0 Å². The molecule has 0 aliphatic heterocycles. The lowest BCUT2D eigenvalue weighted by Crippen LogP contribution is -2.25.